The fraction of sp³-hybridized carbons (Fsp3) is 0.714. The van der Waals surface area contributed by atoms with E-state index in [-0.39, 0.29) is 12.8 Å². The standard InChI is InChI=1S/C7H7F3/c1-2-6(4-3-5-6)7(8,9)10/h1H,3-5H2. The zero-order valence-corrected chi connectivity index (χ0v) is 5.33. The summed E-state index contributed by atoms with van der Waals surface area (Å²) in [5.41, 5.74) is -1.77. The molecule has 0 aromatic heterocycles. The summed E-state index contributed by atoms with van der Waals surface area (Å²) in [7, 11) is 0. The SMILES string of the molecule is C#CC1(C(F)(F)F)CCC1. The van der Waals surface area contributed by atoms with E-state index in [2.05, 4.69) is 0 Å². The quantitative estimate of drug-likeness (QED) is 0.462. The third-order valence-electron chi connectivity index (χ3n) is 2.03. The Morgan fingerprint density at radius 2 is 1.80 bits per heavy atom. The minimum atomic E-state index is -4.19. The lowest BCUT2D eigenvalue weighted by atomic mass is 9.69. The van der Waals surface area contributed by atoms with Gasteiger partial charge in [0.15, 0.2) is 0 Å². The minimum Gasteiger partial charge on any atom is -0.169 e. The van der Waals surface area contributed by atoms with Crippen molar-refractivity contribution in [3.05, 3.63) is 0 Å². The summed E-state index contributed by atoms with van der Waals surface area (Å²) < 4.78 is 36.0. The van der Waals surface area contributed by atoms with Crippen LogP contribution in [-0.2, 0) is 0 Å². The molecule has 10 heavy (non-hydrogen) atoms. The van der Waals surface area contributed by atoms with Gasteiger partial charge < -0.3 is 0 Å². The summed E-state index contributed by atoms with van der Waals surface area (Å²) in [6.07, 6.45) is 1.40. The molecule has 0 N–H and O–H groups in total. The van der Waals surface area contributed by atoms with Crippen LogP contribution in [0.5, 0.6) is 0 Å². The molecule has 1 fully saturated rings. The second kappa shape index (κ2) is 1.91. The van der Waals surface area contributed by atoms with Gasteiger partial charge in [0, 0.05) is 0 Å². The molecule has 0 atom stereocenters. The largest absolute Gasteiger partial charge is 0.405 e. The Hall–Kier alpha value is -0.650. The van der Waals surface area contributed by atoms with Gasteiger partial charge in [0.05, 0.1) is 0 Å². The first-order chi connectivity index (χ1) is 4.52. The van der Waals surface area contributed by atoms with Crippen molar-refractivity contribution in [1.29, 1.82) is 0 Å². The fourth-order valence-corrected chi connectivity index (χ4v) is 1.04. The molecule has 3 heteroatoms. The predicted molar refractivity (Wildman–Crippen MR) is 31.2 cm³/mol. The van der Waals surface area contributed by atoms with Crippen LogP contribution in [0.3, 0.4) is 0 Å². The molecule has 1 saturated carbocycles. The van der Waals surface area contributed by atoms with Crippen LogP contribution >= 0.6 is 0 Å². The van der Waals surface area contributed by atoms with Crippen LogP contribution in [0.25, 0.3) is 0 Å². The van der Waals surface area contributed by atoms with Gasteiger partial charge >= 0.3 is 6.18 Å². The molecule has 0 aromatic carbocycles. The summed E-state index contributed by atoms with van der Waals surface area (Å²) in [5, 5.41) is 0. The molecule has 0 aliphatic heterocycles. The molecular formula is C7H7F3. The Morgan fingerprint density at radius 3 is 1.80 bits per heavy atom. The summed E-state index contributed by atoms with van der Waals surface area (Å²) >= 11 is 0. The van der Waals surface area contributed by atoms with Gasteiger partial charge in [0.2, 0.25) is 0 Å². The molecule has 0 amide bonds. The summed E-state index contributed by atoms with van der Waals surface area (Å²) in [6, 6.07) is 0. The number of rotatable bonds is 0. The van der Waals surface area contributed by atoms with E-state index < -0.39 is 11.6 Å². The molecular weight excluding hydrogens is 141 g/mol. The van der Waals surface area contributed by atoms with Crippen molar-refractivity contribution in [2.24, 2.45) is 5.41 Å². The molecule has 0 heterocycles. The van der Waals surface area contributed by atoms with Crippen LogP contribution in [0.2, 0.25) is 0 Å². The van der Waals surface area contributed by atoms with Gasteiger partial charge in [0.25, 0.3) is 0 Å². The van der Waals surface area contributed by atoms with Gasteiger partial charge in [-0.3, -0.25) is 0 Å². The average Bonchev–Trinajstić information content (AvgIpc) is 1.58. The van der Waals surface area contributed by atoms with Crippen LogP contribution in [-0.4, -0.2) is 6.18 Å². The molecule has 0 bridgehead atoms. The molecule has 0 unspecified atom stereocenters. The Kier molecular flexibility index (Phi) is 1.43. The van der Waals surface area contributed by atoms with E-state index in [1.807, 2.05) is 5.92 Å². The first-order valence-corrected chi connectivity index (χ1v) is 3.06. The number of hydrogen-bond acceptors (Lipinski definition) is 0. The molecule has 1 rings (SSSR count). The summed E-state index contributed by atoms with van der Waals surface area (Å²) in [5.74, 6) is 1.83. The second-order valence-corrected chi connectivity index (χ2v) is 2.58. The Labute approximate surface area is 57.4 Å². The van der Waals surface area contributed by atoms with Gasteiger partial charge in [-0.15, -0.1) is 6.42 Å². The first-order valence-electron chi connectivity index (χ1n) is 3.06. The lowest BCUT2D eigenvalue weighted by Gasteiger charge is -2.38. The smallest absolute Gasteiger partial charge is 0.169 e. The van der Waals surface area contributed by atoms with E-state index in [4.69, 9.17) is 6.42 Å². The number of halogens is 3. The maximum absolute atomic E-state index is 12.0. The van der Waals surface area contributed by atoms with E-state index in [0.717, 1.165) is 0 Å². The van der Waals surface area contributed by atoms with Crippen LogP contribution in [0.1, 0.15) is 19.3 Å². The average molecular weight is 148 g/mol. The van der Waals surface area contributed by atoms with Crippen molar-refractivity contribution >= 4 is 0 Å². The van der Waals surface area contributed by atoms with Crippen LogP contribution < -0.4 is 0 Å². The van der Waals surface area contributed by atoms with Crippen molar-refractivity contribution in [3.63, 3.8) is 0 Å². The van der Waals surface area contributed by atoms with Gasteiger partial charge in [0.1, 0.15) is 5.41 Å². The summed E-state index contributed by atoms with van der Waals surface area (Å²) in [4.78, 5) is 0. The normalized spacial score (nSPS) is 23.0. The van der Waals surface area contributed by atoms with E-state index in [9.17, 15) is 13.2 Å². The fourth-order valence-electron chi connectivity index (χ4n) is 1.04. The molecule has 0 aromatic rings. The third kappa shape index (κ3) is 0.792. The zero-order chi connectivity index (χ0) is 7.83. The van der Waals surface area contributed by atoms with Gasteiger partial charge in [-0.25, -0.2) is 0 Å². The van der Waals surface area contributed by atoms with Crippen molar-refractivity contribution in [2.75, 3.05) is 0 Å². The maximum Gasteiger partial charge on any atom is 0.405 e. The van der Waals surface area contributed by atoms with Crippen molar-refractivity contribution in [1.82, 2.24) is 0 Å². The molecule has 0 spiro atoms. The highest BCUT2D eigenvalue weighted by molar-refractivity contribution is 5.14. The Morgan fingerprint density at radius 1 is 1.30 bits per heavy atom. The molecule has 0 nitrogen and oxygen atoms in total. The number of terminal acetylenes is 1. The lowest BCUT2D eigenvalue weighted by molar-refractivity contribution is -0.225. The topological polar surface area (TPSA) is 0 Å². The van der Waals surface area contributed by atoms with Crippen molar-refractivity contribution in [3.8, 4) is 12.3 Å². The van der Waals surface area contributed by atoms with E-state index in [1.54, 1.807) is 0 Å². The predicted octanol–water partition coefficient (Wildman–Crippen LogP) is 2.35. The molecule has 56 valence electrons. The van der Waals surface area contributed by atoms with Gasteiger partial charge in [-0.2, -0.15) is 13.2 Å². The van der Waals surface area contributed by atoms with Crippen LogP contribution in [0.15, 0.2) is 0 Å². The Balaban J connectivity index is 2.77. The minimum absolute atomic E-state index is 0.104. The molecule has 0 radical (unpaired) electrons. The highest BCUT2D eigenvalue weighted by atomic mass is 19.4. The number of hydrogen-bond donors (Lipinski definition) is 0. The molecule has 0 saturated heterocycles. The van der Waals surface area contributed by atoms with E-state index in [1.165, 1.54) is 0 Å². The monoisotopic (exact) mass is 148 g/mol. The van der Waals surface area contributed by atoms with Crippen LogP contribution in [0.4, 0.5) is 13.2 Å². The van der Waals surface area contributed by atoms with Gasteiger partial charge in [-0.05, 0) is 19.3 Å². The Bertz CT molecular complexity index is 168. The summed E-state index contributed by atoms with van der Waals surface area (Å²) in [6.45, 7) is 0. The van der Waals surface area contributed by atoms with E-state index >= 15 is 0 Å². The second-order valence-electron chi connectivity index (χ2n) is 2.58. The van der Waals surface area contributed by atoms with Gasteiger partial charge in [-0.1, -0.05) is 5.92 Å². The van der Waals surface area contributed by atoms with Crippen LogP contribution in [0, 0.1) is 17.8 Å². The van der Waals surface area contributed by atoms with Crippen molar-refractivity contribution in [2.45, 2.75) is 25.4 Å². The molecule has 1 aliphatic carbocycles. The lowest BCUT2D eigenvalue weighted by Crippen LogP contribution is -2.42. The zero-order valence-electron chi connectivity index (χ0n) is 5.33. The maximum atomic E-state index is 12.0. The van der Waals surface area contributed by atoms with Crippen molar-refractivity contribution < 1.29 is 13.2 Å². The highest BCUT2D eigenvalue weighted by Gasteiger charge is 2.57. The highest BCUT2D eigenvalue weighted by Crippen LogP contribution is 2.52. The van der Waals surface area contributed by atoms with E-state index in [0.29, 0.717) is 6.42 Å². The number of alkyl halides is 3. The first kappa shape index (κ1) is 7.46. The third-order valence-corrected chi connectivity index (χ3v) is 2.03. The molecule has 1 aliphatic rings.